The number of ether oxygens (including phenoxy) is 1. The summed E-state index contributed by atoms with van der Waals surface area (Å²) in [7, 11) is 2.00. The normalized spacial score (nSPS) is 14.9. The van der Waals surface area contributed by atoms with Crippen molar-refractivity contribution in [3.63, 3.8) is 0 Å². The first-order chi connectivity index (χ1) is 17.0. The Labute approximate surface area is 206 Å². The molecule has 1 saturated heterocycles. The molecule has 0 saturated carbocycles. The number of aryl methyl sites for hydroxylation is 2. The van der Waals surface area contributed by atoms with E-state index in [4.69, 9.17) is 15.5 Å². The lowest BCUT2D eigenvalue weighted by molar-refractivity contribution is 0.132. The smallest absolute Gasteiger partial charge is 0.208 e. The molecular weight excluding hydrogens is 438 g/mol. The number of imidazole rings is 1. The largest absolute Gasteiger partial charge is 0.457 e. The maximum atomic E-state index is 5.97. The molecule has 3 N–H and O–H groups in total. The van der Waals surface area contributed by atoms with Gasteiger partial charge in [0.25, 0.3) is 0 Å². The fourth-order valence-electron chi connectivity index (χ4n) is 4.56. The van der Waals surface area contributed by atoms with Crippen LogP contribution in [0.2, 0.25) is 0 Å². The third-order valence-electron chi connectivity index (χ3n) is 6.75. The molecule has 0 atom stereocenters. The maximum Gasteiger partial charge on any atom is 0.208 e. The predicted molar refractivity (Wildman–Crippen MR) is 141 cm³/mol. The van der Waals surface area contributed by atoms with Crippen LogP contribution in [0.3, 0.4) is 0 Å². The van der Waals surface area contributed by atoms with E-state index in [0.29, 0.717) is 11.6 Å². The molecule has 0 amide bonds. The third kappa shape index (κ3) is 5.23. The van der Waals surface area contributed by atoms with Gasteiger partial charge in [0.2, 0.25) is 5.95 Å². The van der Waals surface area contributed by atoms with Crippen LogP contribution in [0.25, 0.3) is 11.0 Å². The average Bonchev–Trinajstić information content (AvgIpc) is 3.16. The summed E-state index contributed by atoms with van der Waals surface area (Å²) in [6, 6.07) is 15.9. The summed E-state index contributed by atoms with van der Waals surface area (Å²) in [4.78, 5) is 13.9. The van der Waals surface area contributed by atoms with Crippen molar-refractivity contribution in [1.82, 2.24) is 24.3 Å². The van der Waals surface area contributed by atoms with Crippen molar-refractivity contribution in [3.8, 4) is 11.5 Å². The number of benzene rings is 2. The van der Waals surface area contributed by atoms with Gasteiger partial charge in [-0.1, -0.05) is 13.0 Å². The molecule has 2 aromatic heterocycles. The van der Waals surface area contributed by atoms with E-state index in [1.807, 2.05) is 29.8 Å². The van der Waals surface area contributed by atoms with E-state index >= 15 is 0 Å². The number of nitrogens with one attached hydrogen (secondary N) is 1. The van der Waals surface area contributed by atoms with Crippen LogP contribution >= 0.6 is 0 Å². The lowest BCUT2D eigenvalue weighted by Gasteiger charge is -2.34. The quantitative estimate of drug-likeness (QED) is 0.410. The van der Waals surface area contributed by atoms with E-state index in [-0.39, 0.29) is 0 Å². The first kappa shape index (κ1) is 23.1. The molecule has 1 aliphatic rings. The van der Waals surface area contributed by atoms with Gasteiger partial charge < -0.3 is 25.3 Å². The Balaban J connectivity index is 1.29. The molecule has 0 radical (unpaired) electrons. The molecule has 1 fully saturated rings. The lowest BCUT2D eigenvalue weighted by atomic mass is 10.1. The highest BCUT2D eigenvalue weighted by atomic mass is 16.5. The van der Waals surface area contributed by atoms with Gasteiger partial charge >= 0.3 is 0 Å². The van der Waals surface area contributed by atoms with Crippen LogP contribution < -0.4 is 15.8 Å². The number of nitrogens with zero attached hydrogens (tertiary/aromatic N) is 5. The number of nitrogens with two attached hydrogens (primary N) is 1. The van der Waals surface area contributed by atoms with Gasteiger partial charge in [0.1, 0.15) is 17.3 Å². The molecule has 2 aromatic carbocycles. The van der Waals surface area contributed by atoms with Crippen molar-refractivity contribution in [2.45, 2.75) is 20.4 Å². The van der Waals surface area contributed by atoms with Crippen LogP contribution in [0.15, 0.2) is 54.7 Å². The Hall–Kier alpha value is -3.62. The Morgan fingerprint density at radius 2 is 1.74 bits per heavy atom. The van der Waals surface area contributed by atoms with Crippen LogP contribution in [-0.4, -0.2) is 57.1 Å². The molecule has 35 heavy (non-hydrogen) atoms. The highest BCUT2D eigenvalue weighted by molar-refractivity contribution is 5.81. The van der Waals surface area contributed by atoms with Gasteiger partial charge in [-0.25, -0.2) is 9.97 Å². The van der Waals surface area contributed by atoms with Crippen molar-refractivity contribution in [2.75, 3.05) is 43.8 Å². The van der Waals surface area contributed by atoms with Gasteiger partial charge in [-0.2, -0.15) is 0 Å². The molecule has 0 aliphatic carbocycles. The lowest BCUT2D eigenvalue weighted by Crippen LogP contribution is -2.45. The number of aromatic nitrogens is 3. The molecule has 8 heteroatoms. The number of rotatable bonds is 7. The summed E-state index contributed by atoms with van der Waals surface area (Å²) in [5.41, 5.74) is 11.3. The number of hydrogen-bond acceptors (Lipinski definition) is 7. The average molecular weight is 472 g/mol. The van der Waals surface area contributed by atoms with Gasteiger partial charge in [-0.3, -0.25) is 4.90 Å². The number of pyridine rings is 1. The summed E-state index contributed by atoms with van der Waals surface area (Å²) in [5, 5.41) is 3.49. The second-order valence-electron chi connectivity index (χ2n) is 9.14. The Morgan fingerprint density at radius 3 is 2.49 bits per heavy atom. The summed E-state index contributed by atoms with van der Waals surface area (Å²) < 4.78 is 8.01. The van der Waals surface area contributed by atoms with Crippen molar-refractivity contribution in [3.05, 3.63) is 65.9 Å². The first-order valence-electron chi connectivity index (χ1n) is 12.2. The zero-order chi connectivity index (χ0) is 24.4. The van der Waals surface area contributed by atoms with Gasteiger partial charge in [0.15, 0.2) is 0 Å². The number of hydrogen-bond donors (Lipinski definition) is 2. The highest BCUT2D eigenvalue weighted by Gasteiger charge is 2.16. The molecular formula is C27H33N7O. The number of anilines is 3. The standard InChI is InChI=1S/C27H33N7O/c1-4-33-11-13-34(14-12-33)18-20-5-6-21(15-19(20)2)30-27-31-24-8-7-22(16-25(24)32(27)3)35-23-9-10-29-26(28)17-23/h5-10,15-17H,4,11-14,18H2,1-3H3,(H2,28,29)(H,30,31). The van der Waals surface area contributed by atoms with Crippen molar-refractivity contribution >= 4 is 28.5 Å². The Morgan fingerprint density at radius 1 is 0.971 bits per heavy atom. The summed E-state index contributed by atoms with van der Waals surface area (Å²) >= 11 is 0. The fraction of sp³-hybridized carbons (Fsp3) is 0.333. The monoisotopic (exact) mass is 471 g/mol. The van der Waals surface area contributed by atoms with Crippen LogP contribution in [0.5, 0.6) is 11.5 Å². The first-order valence-corrected chi connectivity index (χ1v) is 12.2. The Kier molecular flexibility index (Phi) is 6.57. The molecule has 1 aliphatic heterocycles. The van der Waals surface area contributed by atoms with E-state index in [1.54, 1.807) is 18.3 Å². The third-order valence-corrected chi connectivity index (χ3v) is 6.75. The second kappa shape index (κ2) is 9.93. The summed E-state index contributed by atoms with van der Waals surface area (Å²) in [6.07, 6.45) is 1.63. The molecule has 182 valence electrons. The van der Waals surface area contributed by atoms with E-state index in [1.165, 1.54) is 11.1 Å². The molecule has 8 nitrogen and oxygen atoms in total. The summed E-state index contributed by atoms with van der Waals surface area (Å²) in [5.74, 6) is 2.59. The zero-order valence-electron chi connectivity index (χ0n) is 20.7. The zero-order valence-corrected chi connectivity index (χ0v) is 20.7. The van der Waals surface area contributed by atoms with Gasteiger partial charge in [-0.05, 0) is 54.9 Å². The Bertz CT molecular complexity index is 1320. The minimum atomic E-state index is 0.427. The van der Waals surface area contributed by atoms with E-state index < -0.39 is 0 Å². The minimum absolute atomic E-state index is 0.427. The topological polar surface area (TPSA) is 84.5 Å². The fourth-order valence-corrected chi connectivity index (χ4v) is 4.56. The van der Waals surface area contributed by atoms with Crippen LogP contribution in [-0.2, 0) is 13.6 Å². The van der Waals surface area contributed by atoms with E-state index in [9.17, 15) is 0 Å². The van der Waals surface area contributed by atoms with E-state index in [0.717, 1.165) is 67.7 Å². The number of fused-ring (bicyclic) bond motifs is 1. The highest BCUT2D eigenvalue weighted by Crippen LogP contribution is 2.29. The van der Waals surface area contributed by atoms with Crippen LogP contribution in [0.1, 0.15) is 18.1 Å². The predicted octanol–water partition coefficient (Wildman–Crippen LogP) is 4.53. The van der Waals surface area contributed by atoms with Crippen LogP contribution in [0.4, 0.5) is 17.5 Å². The molecule has 3 heterocycles. The molecule has 0 unspecified atom stereocenters. The van der Waals surface area contributed by atoms with E-state index in [2.05, 4.69) is 52.1 Å². The minimum Gasteiger partial charge on any atom is -0.457 e. The second-order valence-corrected chi connectivity index (χ2v) is 9.14. The van der Waals surface area contributed by atoms with Crippen molar-refractivity contribution < 1.29 is 4.74 Å². The number of nitrogen functional groups attached to an aromatic ring is 1. The van der Waals surface area contributed by atoms with Gasteiger partial charge in [-0.15, -0.1) is 0 Å². The summed E-state index contributed by atoms with van der Waals surface area (Å²) in [6.45, 7) is 11.2. The van der Waals surface area contributed by atoms with Gasteiger partial charge in [0.05, 0.1) is 11.0 Å². The SMILES string of the molecule is CCN1CCN(Cc2ccc(Nc3nc4ccc(Oc5ccnc(N)c5)cc4n3C)cc2C)CC1. The molecule has 0 bridgehead atoms. The maximum absolute atomic E-state index is 5.97. The molecule has 4 aromatic rings. The molecule has 5 rings (SSSR count). The number of piperazine rings is 1. The molecule has 0 spiro atoms. The number of likely N-dealkylation sites (N-methyl/N-ethyl adjacent to an activating group) is 1. The van der Waals surface area contributed by atoms with Crippen molar-refractivity contribution in [2.24, 2.45) is 7.05 Å². The van der Waals surface area contributed by atoms with Crippen molar-refractivity contribution in [1.29, 1.82) is 0 Å². The van der Waals surface area contributed by atoms with Gasteiger partial charge in [0, 0.05) is 63.8 Å². The van der Waals surface area contributed by atoms with Crippen LogP contribution in [0, 0.1) is 6.92 Å².